The summed E-state index contributed by atoms with van der Waals surface area (Å²) in [5, 5.41) is 8.87. The maximum absolute atomic E-state index is 8.87. The summed E-state index contributed by atoms with van der Waals surface area (Å²) in [6.07, 6.45) is 9.50. The van der Waals surface area contributed by atoms with Crippen LogP contribution in [0, 0.1) is 6.42 Å². The van der Waals surface area contributed by atoms with Crippen molar-refractivity contribution < 1.29 is 5.11 Å². The number of phenolic OH excluding ortho intramolecular Hbond substituents is 1. The van der Waals surface area contributed by atoms with Crippen LogP contribution < -0.4 is 0 Å². The number of rotatable bonds is 0. The average molecular weight is 256 g/mol. The predicted octanol–water partition coefficient (Wildman–Crippen LogP) is 4.31. The first-order valence-corrected chi connectivity index (χ1v) is 5.85. The van der Waals surface area contributed by atoms with Crippen molar-refractivity contribution in [3.63, 3.8) is 0 Å². The van der Waals surface area contributed by atoms with Crippen molar-refractivity contribution in [2.24, 2.45) is 0 Å². The largest absolute Gasteiger partial charge is 0.507 e. The summed E-state index contributed by atoms with van der Waals surface area (Å²) < 4.78 is 0.736. The molecule has 1 aliphatic rings. The molecule has 0 amide bonds. The lowest BCUT2D eigenvalue weighted by atomic mass is 10.0. The molecule has 2 heteroatoms. The predicted molar refractivity (Wildman–Crippen MR) is 63.2 cm³/mol. The summed E-state index contributed by atoms with van der Waals surface area (Å²) in [6, 6.07) is 7.04. The first-order chi connectivity index (χ1) is 6.80. The van der Waals surface area contributed by atoms with E-state index < -0.39 is 0 Å². The van der Waals surface area contributed by atoms with Gasteiger partial charge in [0, 0.05) is 0 Å². The zero-order chi connectivity index (χ0) is 10.2. The molecule has 1 nitrogen and oxygen atoms in total. The Balaban J connectivity index is 0.000000146. The number of phenols is 1. The fourth-order valence-corrected chi connectivity index (χ4v) is 1.63. The number of halogens is 1. The van der Waals surface area contributed by atoms with E-state index >= 15 is 0 Å². The molecule has 0 bridgehead atoms. The highest BCUT2D eigenvalue weighted by molar-refractivity contribution is 9.10. The number of benzene rings is 1. The number of hydrogen-bond acceptors (Lipinski definition) is 1. The fourth-order valence-electron chi connectivity index (χ4n) is 1.35. The van der Waals surface area contributed by atoms with Crippen molar-refractivity contribution in [3.8, 4) is 5.75 Å². The number of para-hydroxylation sites is 1. The van der Waals surface area contributed by atoms with Crippen molar-refractivity contribution in [1.82, 2.24) is 0 Å². The molecule has 2 rings (SSSR count). The summed E-state index contributed by atoms with van der Waals surface area (Å²) >= 11 is 3.15. The molecule has 1 fully saturated rings. The monoisotopic (exact) mass is 255 g/mol. The van der Waals surface area contributed by atoms with Crippen LogP contribution in [0.15, 0.2) is 28.7 Å². The van der Waals surface area contributed by atoms with Gasteiger partial charge in [0.1, 0.15) is 5.75 Å². The van der Waals surface area contributed by atoms with Crippen LogP contribution in [0.25, 0.3) is 0 Å². The van der Waals surface area contributed by atoms with Gasteiger partial charge in [0.05, 0.1) is 4.47 Å². The molecule has 0 aromatic heterocycles. The van der Waals surface area contributed by atoms with E-state index in [4.69, 9.17) is 5.11 Å². The topological polar surface area (TPSA) is 20.2 Å². The van der Waals surface area contributed by atoms with Gasteiger partial charge in [-0.05, 0) is 34.5 Å². The van der Waals surface area contributed by atoms with Gasteiger partial charge < -0.3 is 5.11 Å². The Morgan fingerprint density at radius 2 is 1.64 bits per heavy atom. The average Bonchev–Trinajstić information content (AvgIpc) is 2.26. The lowest BCUT2D eigenvalue weighted by Gasteiger charge is -2.05. The van der Waals surface area contributed by atoms with E-state index in [0.29, 0.717) is 0 Å². The van der Waals surface area contributed by atoms with Gasteiger partial charge in [-0.2, -0.15) is 0 Å². The summed E-state index contributed by atoms with van der Waals surface area (Å²) in [7, 11) is 0. The Morgan fingerprint density at radius 3 is 1.93 bits per heavy atom. The van der Waals surface area contributed by atoms with E-state index in [1.54, 1.807) is 18.2 Å². The van der Waals surface area contributed by atoms with Crippen LogP contribution >= 0.6 is 15.9 Å². The second kappa shape index (κ2) is 6.88. The quantitative estimate of drug-likeness (QED) is 0.733. The lowest BCUT2D eigenvalue weighted by molar-refractivity contribution is 0.472. The molecule has 1 aliphatic carbocycles. The molecule has 1 N–H and O–H groups in total. The van der Waals surface area contributed by atoms with Gasteiger partial charge in [-0.1, -0.05) is 44.2 Å². The van der Waals surface area contributed by atoms with E-state index in [1.165, 1.54) is 32.1 Å². The second-order valence-corrected chi connectivity index (χ2v) is 4.23. The van der Waals surface area contributed by atoms with Gasteiger partial charge in [0.15, 0.2) is 0 Å². The maximum atomic E-state index is 8.87. The minimum Gasteiger partial charge on any atom is -0.507 e. The Labute approximate surface area is 94.3 Å². The van der Waals surface area contributed by atoms with Crippen LogP contribution in [0.5, 0.6) is 5.75 Å². The van der Waals surface area contributed by atoms with Crippen molar-refractivity contribution in [2.45, 2.75) is 32.1 Å². The van der Waals surface area contributed by atoms with Crippen molar-refractivity contribution in [3.05, 3.63) is 35.2 Å². The molecule has 14 heavy (non-hydrogen) atoms. The van der Waals surface area contributed by atoms with Crippen LogP contribution in [0.4, 0.5) is 0 Å². The highest BCUT2D eigenvalue weighted by Crippen LogP contribution is 2.21. The van der Waals surface area contributed by atoms with Gasteiger partial charge in [0.25, 0.3) is 0 Å². The molecule has 1 aromatic rings. The lowest BCUT2D eigenvalue weighted by Crippen LogP contribution is -1.87. The smallest absolute Gasteiger partial charge is 0.129 e. The summed E-state index contributed by atoms with van der Waals surface area (Å²) in [5.74, 6) is 0.285. The van der Waals surface area contributed by atoms with Crippen LogP contribution in [0.3, 0.4) is 0 Å². The van der Waals surface area contributed by atoms with Crippen LogP contribution in [0.1, 0.15) is 32.1 Å². The number of hydrogen-bond donors (Lipinski definition) is 1. The molecule has 0 spiro atoms. The minimum atomic E-state index is 0.285. The molecule has 77 valence electrons. The molecule has 1 saturated carbocycles. The van der Waals surface area contributed by atoms with E-state index in [0.717, 1.165) is 4.47 Å². The number of aromatic hydroxyl groups is 1. The van der Waals surface area contributed by atoms with Crippen molar-refractivity contribution >= 4 is 15.9 Å². The Hall–Kier alpha value is -0.500. The van der Waals surface area contributed by atoms with E-state index in [-0.39, 0.29) is 5.75 Å². The minimum absolute atomic E-state index is 0.285. The standard InChI is InChI=1S/C6H5BrO.C6H11/c7-5-3-1-2-4-6(5)8;1-2-4-6-5-3-1/h1-4,8H;1H,2-6H2. The molecule has 1 aromatic carbocycles. The molecule has 0 saturated heterocycles. The Morgan fingerprint density at radius 1 is 1.00 bits per heavy atom. The van der Waals surface area contributed by atoms with Gasteiger partial charge in [-0.25, -0.2) is 0 Å². The molecular formula is C12H16BrO. The fraction of sp³-hybridized carbons (Fsp3) is 0.417. The van der Waals surface area contributed by atoms with E-state index in [2.05, 4.69) is 22.4 Å². The Kier molecular flexibility index (Phi) is 5.69. The summed E-state index contributed by atoms with van der Waals surface area (Å²) in [5.41, 5.74) is 0. The molecule has 0 unspecified atom stereocenters. The van der Waals surface area contributed by atoms with E-state index in [9.17, 15) is 0 Å². The third-order valence-electron chi connectivity index (χ3n) is 2.17. The van der Waals surface area contributed by atoms with Crippen LogP contribution in [-0.2, 0) is 0 Å². The Bertz CT molecular complexity index is 224. The van der Waals surface area contributed by atoms with Crippen LogP contribution in [-0.4, -0.2) is 5.11 Å². The normalized spacial score (nSPS) is 15.5. The molecule has 0 heterocycles. The summed E-state index contributed by atoms with van der Waals surface area (Å²) in [4.78, 5) is 0. The molecule has 1 radical (unpaired) electrons. The van der Waals surface area contributed by atoms with Gasteiger partial charge >= 0.3 is 0 Å². The zero-order valence-electron chi connectivity index (χ0n) is 8.25. The van der Waals surface area contributed by atoms with Crippen molar-refractivity contribution in [2.75, 3.05) is 0 Å². The van der Waals surface area contributed by atoms with Gasteiger partial charge in [0.2, 0.25) is 0 Å². The highest BCUT2D eigenvalue weighted by Gasteiger charge is 1.95. The van der Waals surface area contributed by atoms with E-state index in [1.807, 2.05) is 6.07 Å². The van der Waals surface area contributed by atoms with Gasteiger partial charge in [-0.15, -0.1) is 0 Å². The molecule has 0 aliphatic heterocycles. The van der Waals surface area contributed by atoms with Crippen molar-refractivity contribution in [1.29, 1.82) is 0 Å². The second-order valence-electron chi connectivity index (χ2n) is 3.38. The molecular weight excluding hydrogens is 240 g/mol. The summed E-state index contributed by atoms with van der Waals surface area (Å²) in [6.45, 7) is 0. The van der Waals surface area contributed by atoms with Gasteiger partial charge in [-0.3, -0.25) is 0 Å². The zero-order valence-corrected chi connectivity index (χ0v) is 9.83. The first kappa shape index (κ1) is 11.6. The maximum Gasteiger partial charge on any atom is 0.129 e. The molecule has 0 atom stereocenters. The highest BCUT2D eigenvalue weighted by atomic mass is 79.9. The third kappa shape index (κ3) is 4.66. The first-order valence-electron chi connectivity index (χ1n) is 5.06. The third-order valence-corrected chi connectivity index (χ3v) is 2.84. The van der Waals surface area contributed by atoms with Crippen LogP contribution in [0.2, 0.25) is 0 Å². The SMILES string of the molecule is Oc1ccccc1Br.[CH]1CCCCC1.